The van der Waals surface area contributed by atoms with Gasteiger partial charge in [0.05, 0.1) is 11.9 Å². The van der Waals surface area contributed by atoms with E-state index in [-0.39, 0.29) is 17.8 Å². The van der Waals surface area contributed by atoms with Crippen molar-refractivity contribution < 1.29 is 9.90 Å². The zero-order chi connectivity index (χ0) is 15.7. The summed E-state index contributed by atoms with van der Waals surface area (Å²) in [5, 5.41) is 16.9. The Labute approximate surface area is 127 Å². The second kappa shape index (κ2) is 5.48. The van der Waals surface area contributed by atoms with Gasteiger partial charge >= 0.3 is 0 Å². The Morgan fingerprint density at radius 1 is 1.27 bits per heavy atom. The van der Waals surface area contributed by atoms with Crippen LogP contribution in [-0.2, 0) is 0 Å². The minimum atomic E-state index is -0.262. The van der Waals surface area contributed by atoms with Gasteiger partial charge in [-0.25, -0.2) is 4.98 Å². The molecule has 0 aliphatic carbocycles. The number of rotatable bonds is 3. The third-order valence-electron chi connectivity index (χ3n) is 3.19. The Morgan fingerprint density at radius 3 is 2.68 bits per heavy atom. The molecule has 0 fully saturated rings. The molecule has 0 aliphatic heterocycles. The maximum Gasteiger partial charge on any atom is 0.256 e. The van der Waals surface area contributed by atoms with Crippen molar-refractivity contribution >= 4 is 11.6 Å². The number of carbonyl (C=O) groups is 1. The minimum Gasteiger partial charge on any atom is -0.493 e. The molecule has 1 aromatic carbocycles. The molecule has 3 rings (SSSR count). The van der Waals surface area contributed by atoms with E-state index in [1.807, 2.05) is 44.2 Å². The summed E-state index contributed by atoms with van der Waals surface area (Å²) < 4.78 is 1.25. The molecule has 6 heteroatoms. The molecule has 0 aliphatic rings. The molecule has 0 atom stereocenters. The van der Waals surface area contributed by atoms with E-state index in [1.165, 1.54) is 16.8 Å². The van der Waals surface area contributed by atoms with Gasteiger partial charge in [0.25, 0.3) is 5.91 Å². The lowest BCUT2D eigenvalue weighted by molar-refractivity contribution is 0.0944. The lowest BCUT2D eigenvalue weighted by Crippen LogP contribution is -2.30. The smallest absolute Gasteiger partial charge is 0.256 e. The van der Waals surface area contributed by atoms with E-state index in [9.17, 15) is 9.90 Å². The van der Waals surface area contributed by atoms with Crippen molar-refractivity contribution in [2.45, 2.75) is 19.9 Å². The Morgan fingerprint density at radius 2 is 2.00 bits per heavy atom. The van der Waals surface area contributed by atoms with E-state index in [4.69, 9.17) is 0 Å². The summed E-state index contributed by atoms with van der Waals surface area (Å²) in [6.45, 7) is 3.76. The van der Waals surface area contributed by atoms with E-state index >= 15 is 0 Å². The number of nitrogens with zero attached hydrogens (tertiary/aromatic N) is 3. The van der Waals surface area contributed by atoms with E-state index in [2.05, 4.69) is 15.4 Å². The van der Waals surface area contributed by atoms with Gasteiger partial charge in [-0.05, 0) is 13.8 Å². The number of hydrogen-bond donors (Lipinski definition) is 2. The fourth-order valence-electron chi connectivity index (χ4n) is 2.20. The zero-order valence-corrected chi connectivity index (χ0v) is 12.3. The topological polar surface area (TPSA) is 79.5 Å². The molecule has 0 radical (unpaired) electrons. The predicted octanol–water partition coefficient (Wildman–Crippen LogP) is 2.24. The molecule has 6 nitrogen and oxygen atoms in total. The number of benzene rings is 1. The first kappa shape index (κ1) is 14.1. The van der Waals surface area contributed by atoms with Gasteiger partial charge in [0, 0.05) is 17.7 Å². The van der Waals surface area contributed by atoms with Gasteiger partial charge in [-0.3, -0.25) is 4.79 Å². The summed E-state index contributed by atoms with van der Waals surface area (Å²) in [7, 11) is 0. The summed E-state index contributed by atoms with van der Waals surface area (Å²) in [4.78, 5) is 16.7. The second-order valence-corrected chi connectivity index (χ2v) is 5.29. The molecular formula is C16H16N4O2. The van der Waals surface area contributed by atoms with E-state index in [0.717, 1.165) is 5.56 Å². The zero-order valence-electron chi connectivity index (χ0n) is 12.3. The maximum absolute atomic E-state index is 12.2. The SMILES string of the molecule is CC(C)NC(=O)c1cnn2c(O)cc(-c3ccccc3)nc12. The van der Waals surface area contributed by atoms with Crippen LogP contribution >= 0.6 is 0 Å². The Bertz CT molecular complexity index is 825. The summed E-state index contributed by atoms with van der Waals surface area (Å²) >= 11 is 0. The van der Waals surface area contributed by atoms with Gasteiger partial charge in [0.15, 0.2) is 5.65 Å². The fourth-order valence-corrected chi connectivity index (χ4v) is 2.20. The van der Waals surface area contributed by atoms with Crippen molar-refractivity contribution in [3.05, 3.63) is 48.2 Å². The minimum absolute atomic E-state index is 0.00773. The van der Waals surface area contributed by atoms with E-state index in [0.29, 0.717) is 16.9 Å². The number of nitrogens with one attached hydrogen (secondary N) is 1. The fraction of sp³-hybridized carbons (Fsp3) is 0.188. The lowest BCUT2D eigenvalue weighted by atomic mass is 10.1. The second-order valence-electron chi connectivity index (χ2n) is 5.29. The molecule has 0 saturated heterocycles. The number of hydrogen-bond acceptors (Lipinski definition) is 4. The van der Waals surface area contributed by atoms with Crippen LogP contribution in [0, 0.1) is 0 Å². The van der Waals surface area contributed by atoms with Crippen molar-refractivity contribution in [3.63, 3.8) is 0 Å². The summed E-state index contributed by atoms with van der Waals surface area (Å²) in [6, 6.07) is 11.0. The monoisotopic (exact) mass is 296 g/mol. The van der Waals surface area contributed by atoms with Crippen LogP contribution in [0.4, 0.5) is 0 Å². The third kappa shape index (κ3) is 2.50. The first-order valence-electron chi connectivity index (χ1n) is 7.00. The number of aromatic nitrogens is 3. The van der Waals surface area contributed by atoms with Crippen LogP contribution in [0.3, 0.4) is 0 Å². The van der Waals surface area contributed by atoms with E-state index in [1.54, 1.807) is 0 Å². The molecule has 3 aromatic rings. The molecular weight excluding hydrogens is 280 g/mol. The van der Waals surface area contributed by atoms with Crippen molar-refractivity contribution in [2.24, 2.45) is 0 Å². The van der Waals surface area contributed by atoms with Crippen molar-refractivity contribution in [3.8, 4) is 17.1 Å². The van der Waals surface area contributed by atoms with Gasteiger partial charge in [-0.1, -0.05) is 30.3 Å². The van der Waals surface area contributed by atoms with Gasteiger partial charge < -0.3 is 10.4 Å². The number of amides is 1. The van der Waals surface area contributed by atoms with Gasteiger partial charge in [0.1, 0.15) is 5.56 Å². The van der Waals surface area contributed by atoms with Crippen LogP contribution in [0.5, 0.6) is 5.88 Å². The predicted molar refractivity (Wildman–Crippen MR) is 82.7 cm³/mol. The number of carbonyl (C=O) groups excluding carboxylic acids is 1. The van der Waals surface area contributed by atoms with Gasteiger partial charge in [-0.2, -0.15) is 9.61 Å². The van der Waals surface area contributed by atoms with Crippen LogP contribution in [0.15, 0.2) is 42.6 Å². The average Bonchev–Trinajstić information content (AvgIpc) is 2.92. The van der Waals surface area contributed by atoms with Crippen LogP contribution in [0.1, 0.15) is 24.2 Å². The highest BCUT2D eigenvalue weighted by Gasteiger charge is 2.17. The first-order chi connectivity index (χ1) is 10.6. The molecule has 0 saturated carbocycles. The van der Waals surface area contributed by atoms with Gasteiger partial charge in [-0.15, -0.1) is 0 Å². The normalized spacial score (nSPS) is 11.0. The molecule has 1 amide bonds. The van der Waals surface area contributed by atoms with Crippen molar-refractivity contribution in [2.75, 3.05) is 0 Å². The standard InChI is InChI=1S/C16H16N4O2/c1-10(2)18-16(22)12-9-17-20-14(21)8-13(19-15(12)20)11-6-4-3-5-7-11/h3-10,21H,1-2H3,(H,18,22). The molecule has 2 aromatic heterocycles. The average molecular weight is 296 g/mol. The highest BCUT2D eigenvalue weighted by molar-refractivity contribution is 6.00. The van der Waals surface area contributed by atoms with Crippen LogP contribution in [0.2, 0.25) is 0 Å². The Kier molecular flexibility index (Phi) is 3.50. The highest BCUT2D eigenvalue weighted by Crippen LogP contribution is 2.24. The molecule has 0 unspecified atom stereocenters. The molecule has 0 spiro atoms. The summed E-state index contributed by atoms with van der Waals surface area (Å²) in [5.74, 6) is -0.324. The third-order valence-corrected chi connectivity index (χ3v) is 3.19. The van der Waals surface area contributed by atoms with Crippen molar-refractivity contribution in [1.82, 2.24) is 19.9 Å². The highest BCUT2D eigenvalue weighted by atomic mass is 16.3. The first-order valence-corrected chi connectivity index (χ1v) is 7.00. The summed E-state index contributed by atoms with van der Waals surface area (Å²) in [6.07, 6.45) is 1.41. The Balaban J connectivity index is 2.13. The Hall–Kier alpha value is -2.89. The maximum atomic E-state index is 12.2. The quantitative estimate of drug-likeness (QED) is 0.777. The number of aromatic hydroxyl groups is 1. The largest absolute Gasteiger partial charge is 0.493 e. The van der Waals surface area contributed by atoms with Crippen LogP contribution < -0.4 is 5.32 Å². The number of fused-ring (bicyclic) bond motifs is 1. The molecule has 22 heavy (non-hydrogen) atoms. The van der Waals surface area contributed by atoms with Gasteiger partial charge in [0.2, 0.25) is 5.88 Å². The lowest BCUT2D eigenvalue weighted by Gasteiger charge is -2.08. The summed E-state index contributed by atoms with van der Waals surface area (Å²) in [5.41, 5.74) is 2.11. The van der Waals surface area contributed by atoms with Crippen LogP contribution in [-0.4, -0.2) is 31.7 Å². The molecule has 2 N–H and O–H groups in total. The molecule has 0 bridgehead atoms. The van der Waals surface area contributed by atoms with Crippen LogP contribution in [0.25, 0.3) is 16.9 Å². The van der Waals surface area contributed by atoms with Crippen molar-refractivity contribution in [1.29, 1.82) is 0 Å². The van der Waals surface area contributed by atoms with E-state index < -0.39 is 0 Å². The molecule has 2 heterocycles. The molecule has 112 valence electrons.